The van der Waals surface area contributed by atoms with Crippen LogP contribution in [0.1, 0.15) is 11.8 Å². The van der Waals surface area contributed by atoms with E-state index < -0.39 is 56.5 Å². The summed E-state index contributed by atoms with van der Waals surface area (Å²) in [6.07, 6.45) is -2.06. The molecule has 11 N–H and O–H groups in total. The first-order valence-electron chi connectivity index (χ1n) is 11.3. The number of aromatic amines is 2. The Labute approximate surface area is 218 Å². The lowest BCUT2D eigenvalue weighted by Crippen LogP contribution is -2.33. The first kappa shape index (κ1) is 28.3. The molecule has 0 radical (unpaired) electrons. The van der Waals surface area contributed by atoms with E-state index in [1.165, 1.54) is 10.9 Å². The predicted molar refractivity (Wildman–Crippen MR) is 134 cm³/mol. The third-order valence-corrected chi connectivity index (χ3v) is 6.39. The number of nitrogen functional groups attached to an aromatic ring is 1. The maximum absolute atomic E-state index is 11.7. The molecule has 4 heterocycles. The number of fused-ring (bicyclic) bond motifs is 2. The Morgan fingerprint density at radius 3 is 2.67 bits per heavy atom. The van der Waals surface area contributed by atoms with Crippen molar-refractivity contribution < 1.29 is 43.7 Å². The molecular weight excluding hydrogens is 541 g/mol. The molecule has 1 fully saturated rings. The highest BCUT2D eigenvalue weighted by Gasteiger charge is 2.45. The fourth-order valence-corrected chi connectivity index (χ4v) is 4.36. The van der Waals surface area contributed by atoms with Gasteiger partial charge in [-0.1, -0.05) is 18.2 Å². The number of aliphatic carboxylic acids is 1. The number of phosphoric ester groups is 1. The Balaban J connectivity index is 0.000000202. The highest BCUT2D eigenvalue weighted by molar-refractivity contribution is 7.46. The Morgan fingerprint density at radius 1 is 1.26 bits per heavy atom. The van der Waals surface area contributed by atoms with Crippen LogP contribution in [0.2, 0.25) is 0 Å². The molecule has 1 unspecified atom stereocenters. The van der Waals surface area contributed by atoms with Crippen molar-refractivity contribution in [2.24, 2.45) is 5.73 Å². The van der Waals surface area contributed by atoms with E-state index in [9.17, 15) is 24.4 Å². The molecule has 5 rings (SSSR count). The smallest absolute Gasteiger partial charge is 0.469 e. The molecule has 210 valence electrons. The number of nitrogens with zero attached hydrogens (tertiary/aromatic N) is 3. The molecule has 4 aromatic rings. The second-order valence-corrected chi connectivity index (χ2v) is 9.86. The lowest BCUT2D eigenvalue weighted by Gasteiger charge is -2.16. The van der Waals surface area contributed by atoms with Crippen molar-refractivity contribution in [2.75, 3.05) is 12.3 Å². The van der Waals surface area contributed by atoms with Crippen LogP contribution in [0.5, 0.6) is 0 Å². The number of aliphatic hydroxyl groups excluding tert-OH is 2. The first-order chi connectivity index (χ1) is 18.4. The molecule has 18 heteroatoms. The molecule has 0 saturated carbocycles. The Hall–Kier alpha value is -3.67. The average Bonchev–Trinajstić information content (AvgIpc) is 3.55. The van der Waals surface area contributed by atoms with Crippen molar-refractivity contribution in [3.05, 3.63) is 52.7 Å². The average molecular weight is 567 g/mol. The zero-order valence-electron chi connectivity index (χ0n) is 20.0. The van der Waals surface area contributed by atoms with Crippen LogP contribution in [-0.2, 0) is 25.0 Å². The van der Waals surface area contributed by atoms with Gasteiger partial charge < -0.3 is 46.3 Å². The van der Waals surface area contributed by atoms with Gasteiger partial charge in [0.05, 0.1) is 12.9 Å². The van der Waals surface area contributed by atoms with Crippen molar-refractivity contribution in [2.45, 2.75) is 37.0 Å². The lowest BCUT2D eigenvalue weighted by molar-refractivity contribution is -0.138. The number of carbonyl (C=O) groups is 1. The van der Waals surface area contributed by atoms with Gasteiger partial charge >= 0.3 is 13.8 Å². The number of carboxylic acid groups (broad SMARTS) is 1. The van der Waals surface area contributed by atoms with Crippen molar-refractivity contribution in [3.8, 4) is 0 Å². The van der Waals surface area contributed by atoms with Gasteiger partial charge in [-0.2, -0.15) is 4.98 Å². The van der Waals surface area contributed by atoms with E-state index in [0.717, 1.165) is 16.5 Å². The first-order valence-corrected chi connectivity index (χ1v) is 12.9. The van der Waals surface area contributed by atoms with Crippen LogP contribution < -0.4 is 17.0 Å². The monoisotopic (exact) mass is 567 g/mol. The molecule has 1 saturated heterocycles. The summed E-state index contributed by atoms with van der Waals surface area (Å²) in [6.45, 7) is -0.651. The zero-order chi connectivity index (χ0) is 28.5. The minimum Gasteiger partial charge on any atom is -0.480 e. The van der Waals surface area contributed by atoms with Gasteiger partial charge in [0, 0.05) is 23.5 Å². The van der Waals surface area contributed by atoms with Gasteiger partial charge in [-0.3, -0.25) is 23.7 Å². The number of rotatable bonds is 7. The second-order valence-electron chi connectivity index (χ2n) is 8.62. The van der Waals surface area contributed by atoms with E-state index >= 15 is 0 Å². The van der Waals surface area contributed by atoms with Gasteiger partial charge in [-0.15, -0.1) is 0 Å². The van der Waals surface area contributed by atoms with Gasteiger partial charge in [-0.25, -0.2) is 9.55 Å². The molecule has 0 spiro atoms. The van der Waals surface area contributed by atoms with E-state index in [1.54, 1.807) is 0 Å². The maximum atomic E-state index is 11.7. The third kappa shape index (κ3) is 6.32. The number of nitrogens with two attached hydrogens (primary N) is 2. The van der Waals surface area contributed by atoms with Crippen LogP contribution in [0.25, 0.3) is 22.1 Å². The zero-order valence-corrected chi connectivity index (χ0v) is 20.9. The fraction of sp³-hybridized carbons (Fsp3) is 0.333. The van der Waals surface area contributed by atoms with Crippen molar-refractivity contribution in [3.63, 3.8) is 0 Å². The standard InChI is InChI=1S/C11H12N2O2.C10H14N5O8P/c12-9(11(14)15)5-7-6-13-10-4-2-1-3-8(7)10;11-10-13-7-4(8(18)14-10)12-2-15(7)9-6(17)5(16)3(23-9)1-22-24(19,20)21/h1-4,6,9,13H,5,12H2,(H,14,15);2-3,5-6,9,16-17H,1H2,(H2,19,20,21)(H3,11,13,14,18)/t;3-,5-,6-,9-/m.1/s1. The molecule has 39 heavy (non-hydrogen) atoms. The minimum absolute atomic E-state index is 0.0176. The Bertz CT molecular complexity index is 1580. The van der Waals surface area contributed by atoms with Crippen LogP contribution >= 0.6 is 7.82 Å². The van der Waals surface area contributed by atoms with E-state index in [-0.39, 0.29) is 17.1 Å². The highest BCUT2D eigenvalue weighted by Crippen LogP contribution is 2.38. The van der Waals surface area contributed by atoms with Gasteiger partial charge in [0.1, 0.15) is 24.4 Å². The van der Waals surface area contributed by atoms with Crippen molar-refractivity contribution >= 4 is 41.8 Å². The quantitative estimate of drug-likeness (QED) is 0.116. The minimum atomic E-state index is -4.76. The number of hydrogen-bond donors (Lipinski definition) is 9. The number of imidazole rings is 1. The molecule has 1 aliphatic heterocycles. The number of carboxylic acids is 1. The number of aliphatic hydroxyl groups is 2. The van der Waals surface area contributed by atoms with Crippen LogP contribution in [0.3, 0.4) is 0 Å². The number of anilines is 1. The topological polar surface area (TPSA) is 285 Å². The largest absolute Gasteiger partial charge is 0.480 e. The second kappa shape index (κ2) is 11.2. The lowest BCUT2D eigenvalue weighted by atomic mass is 10.1. The molecule has 5 atom stereocenters. The molecule has 0 amide bonds. The number of para-hydroxylation sites is 1. The van der Waals surface area contributed by atoms with Gasteiger partial charge in [0.25, 0.3) is 5.56 Å². The molecular formula is C21H26N7O10P. The van der Waals surface area contributed by atoms with Crippen molar-refractivity contribution in [1.82, 2.24) is 24.5 Å². The van der Waals surface area contributed by atoms with E-state index in [2.05, 4.69) is 24.5 Å². The SMILES string of the molecule is NC(Cc1c[nH]c2ccccc12)C(=O)O.Nc1nc2c(ncn2[C@@H]2O[C@H](COP(=O)(O)O)[C@@H](O)[C@H]2O)c(=O)[nH]1. The number of aromatic nitrogens is 5. The number of benzene rings is 1. The summed E-state index contributed by atoms with van der Waals surface area (Å²) in [4.78, 5) is 52.8. The summed E-state index contributed by atoms with van der Waals surface area (Å²) in [5, 5.41) is 29.8. The van der Waals surface area contributed by atoms with Crippen molar-refractivity contribution in [1.29, 1.82) is 0 Å². The molecule has 1 aliphatic rings. The van der Waals surface area contributed by atoms with Crippen LogP contribution in [0, 0.1) is 0 Å². The molecule has 0 bridgehead atoms. The maximum Gasteiger partial charge on any atom is 0.469 e. The fourth-order valence-electron chi connectivity index (χ4n) is 4.02. The van der Waals surface area contributed by atoms with Gasteiger partial charge in [-0.05, 0) is 11.6 Å². The summed E-state index contributed by atoms with van der Waals surface area (Å²) in [6, 6.07) is 6.91. The predicted octanol–water partition coefficient (Wildman–Crippen LogP) is -1.45. The summed E-state index contributed by atoms with van der Waals surface area (Å²) in [7, 11) is -4.76. The van der Waals surface area contributed by atoms with Gasteiger partial charge in [0.2, 0.25) is 5.95 Å². The Kier molecular flexibility index (Phi) is 8.15. The number of hydrogen-bond acceptors (Lipinski definition) is 11. The molecule has 1 aromatic carbocycles. The summed E-state index contributed by atoms with van der Waals surface area (Å²) < 4.78 is 21.6. The summed E-state index contributed by atoms with van der Waals surface area (Å²) in [5.74, 6) is -1.15. The highest BCUT2D eigenvalue weighted by atomic mass is 31.2. The number of nitrogens with one attached hydrogen (secondary N) is 2. The summed E-state index contributed by atoms with van der Waals surface area (Å²) >= 11 is 0. The van der Waals surface area contributed by atoms with Crippen LogP contribution in [0.15, 0.2) is 41.6 Å². The van der Waals surface area contributed by atoms with E-state index in [1.807, 2.05) is 30.5 Å². The van der Waals surface area contributed by atoms with Crippen LogP contribution in [0.4, 0.5) is 5.95 Å². The Morgan fingerprint density at radius 2 is 1.97 bits per heavy atom. The molecule has 17 nitrogen and oxygen atoms in total. The third-order valence-electron chi connectivity index (χ3n) is 5.90. The normalized spacial score (nSPS) is 22.1. The summed E-state index contributed by atoms with van der Waals surface area (Å²) in [5.41, 5.74) is 12.3. The van der Waals surface area contributed by atoms with Crippen LogP contribution in [-0.4, -0.2) is 86.5 Å². The number of phosphoric acid groups is 1. The number of ether oxygens (including phenoxy) is 1. The van der Waals surface area contributed by atoms with E-state index in [4.69, 9.17) is 31.1 Å². The molecule has 3 aromatic heterocycles. The van der Waals surface area contributed by atoms with E-state index in [0.29, 0.717) is 6.42 Å². The van der Waals surface area contributed by atoms with Gasteiger partial charge in [0.15, 0.2) is 17.4 Å². The molecule has 0 aliphatic carbocycles. The number of H-pyrrole nitrogens is 2.